The predicted molar refractivity (Wildman–Crippen MR) is 99.2 cm³/mol. The van der Waals surface area contributed by atoms with E-state index in [4.69, 9.17) is 4.74 Å². The van der Waals surface area contributed by atoms with Gasteiger partial charge in [0.25, 0.3) is 5.91 Å². The molecule has 0 N–H and O–H groups in total. The average Bonchev–Trinajstić information content (AvgIpc) is 2.64. The number of ether oxygens (including phenoxy) is 1. The van der Waals surface area contributed by atoms with Crippen LogP contribution in [0.15, 0.2) is 66.7 Å². The second-order valence-corrected chi connectivity index (χ2v) is 5.85. The van der Waals surface area contributed by atoms with Crippen LogP contribution in [0.4, 0.5) is 0 Å². The van der Waals surface area contributed by atoms with E-state index in [0.717, 1.165) is 16.7 Å². The van der Waals surface area contributed by atoms with Crippen LogP contribution in [0.2, 0.25) is 0 Å². The molecule has 2 rings (SSSR count). The van der Waals surface area contributed by atoms with Crippen molar-refractivity contribution in [1.82, 2.24) is 4.90 Å². The number of nitrogens with zero attached hydrogens (tertiary/aromatic N) is 1. The topological polar surface area (TPSA) is 46.6 Å². The number of hydrogen-bond donors (Lipinski definition) is 0. The van der Waals surface area contributed by atoms with Crippen LogP contribution in [0, 0.1) is 0 Å². The molecule has 0 radical (unpaired) electrons. The van der Waals surface area contributed by atoms with Crippen molar-refractivity contribution >= 4 is 11.9 Å². The van der Waals surface area contributed by atoms with Crippen LogP contribution < -0.4 is 0 Å². The van der Waals surface area contributed by atoms with E-state index in [0.29, 0.717) is 18.7 Å². The normalized spacial score (nSPS) is 10.2. The maximum atomic E-state index is 12.5. The zero-order valence-electron chi connectivity index (χ0n) is 14.7. The number of amides is 1. The molecule has 0 fully saturated rings. The summed E-state index contributed by atoms with van der Waals surface area (Å²) in [7, 11) is 0. The Morgan fingerprint density at radius 2 is 1.68 bits per heavy atom. The van der Waals surface area contributed by atoms with E-state index in [1.807, 2.05) is 56.3 Å². The van der Waals surface area contributed by atoms with Crippen LogP contribution in [0.25, 0.3) is 11.1 Å². The Hall–Kier alpha value is -2.88. The first-order valence-corrected chi connectivity index (χ1v) is 8.26. The summed E-state index contributed by atoms with van der Waals surface area (Å²) in [6.07, 6.45) is 0. The number of hydrogen-bond acceptors (Lipinski definition) is 3. The molecule has 130 valence electrons. The summed E-state index contributed by atoms with van der Waals surface area (Å²) >= 11 is 0. The van der Waals surface area contributed by atoms with Crippen molar-refractivity contribution in [2.75, 3.05) is 19.7 Å². The Bertz CT molecular complexity index is 753. The van der Waals surface area contributed by atoms with Gasteiger partial charge in [-0.3, -0.25) is 4.79 Å². The molecule has 0 aliphatic carbocycles. The largest absolute Gasteiger partial charge is 0.452 e. The molecule has 0 unspecified atom stereocenters. The van der Waals surface area contributed by atoms with Gasteiger partial charge in [0.2, 0.25) is 0 Å². The molecule has 0 aliphatic heterocycles. The number of likely N-dealkylation sites (N-methyl/N-ethyl adjacent to an activating group) is 1. The van der Waals surface area contributed by atoms with Crippen molar-refractivity contribution in [1.29, 1.82) is 0 Å². The quantitative estimate of drug-likeness (QED) is 0.568. The standard InChI is InChI=1S/C21H23NO3/c1-4-22(14-16(2)3)20(23)15-25-21(24)19-13-9-8-12-18(19)17-10-6-5-7-11-17/h5-13H,2,4,14-15H2,1,3H3. The van der Waals surface area contributed by atoms with E-state index in [9.17, 15) is 9.59 Å². The molecular weight excluding hydrogens is 314 g/mol. The summed E-state index contributed by atoms with van der Waals surface area (Å²) < 4.78 is 5.26. The molecule has 0 atom stereocenters. The number of benzene rings is 2. The Labute approximate surface area is 148 Å². The van der Waals surface area contributed by atoms with Crippen LogP contribution in [-0.4, -0.2) is 36.5 Å². The Morgan fingerprint density at radius 1 is 1.04 bits per heavy atom. The smallest absolute Gasteiger partial charge is 0.339 e. The number of carbonyl (C=O) groups is 2. The molecule has 0 aromatic heterocycles. The highest BCUT2D eigenvalue weighted by Gasteiger charge is 2.17. The van der Waals surface area contributed by atoms with Gasteiger partial charge < -0.3 is 9.64 Å². The average molecular weight is 337 g/mol. The second-order valence-electron chi connectivity index (χ2n) is 5.85. The van der Waals surface area contributed by atoms with E-state index < -0.39 is 5.97 Å². The van der Waals surface area contributed by atoms with Gasteiger partial charge in [0.15, 0.2) is 6.61 Å². The third-order valence-corrected chi connectivity index (χ3v) is 3.75. The monoisotopic (exact) mass is 337 g/mol. The molecule has 4 nitrogen and oxygen atoms in total. The fourth-order valence-corrected chi connectivity index (χ4v) is 2.53. The first-order chi connectivity index (χ1) is 12.0. The van der Waals surface area contributed by atoms with Crippen LogP contribution >= 0.6 is 0 Å². The third-order valence-electron chi connectivity index (χ3n) is 3.75. The minimum Gasteiger partial charge on any atom is -0.452 e. The van der Waals surface area contributed by atoms with Crippen molar-refractivity contribution < 1.29 is 14.3 Å². The van der Waals surface area contributed by atoms with Crippen molar-refractivity contribution in [2.45, 2.75) is 13.8 Å². The molecule has 0 aliphatic rings. The number of carbonyl (C=O) groups excluding carboxylic acids is 2. The molecular formula is C21H23NO3. The van der Waals surface area contributed by atoms with Crippen LogP contribution in [-0.2, 0) is 9.53 Å². The molecule has 0 heterocycles. The van der Waals surface area contributed by atoms with Gasteiger partial charge in [-0.25, -0.2) is 4.79 Å². The van der Waals surface area contributed by atoms with Gasteiger partial charge in [0, 0.05) is 13.1 Å². The van der Waals surface area contributed by atoms with Crippen LogP contribution in [0.3, 0.4) is 0 Å². The van der Waals surface area contributed by atoms with Gasteiger partial charge in [-0.2, -0.15) is 0 Å². The van der Waals surface area contributed by atoms with Gasteiger partial charge >= 0.3 is 5.97 Å². The summed E-state index contributed by atoms with van der Waals surface area (Å²) in [5.41, 5.74) is 3.05. The van der Waals surface area contributed by atoms with E-state index in [-0.39, 0.29) is 12.5 Å². The fourth-order valence-electron chi connectivity index (χ4n) is 2.53. The van der Waals surface area contributed by atoms with E-state index in [1.165, 1.54) is 0 Å². The summed E-state index contributed by atoms with van der Waals surface area (Å²) in [5.74, 6) is -0.727. The summed E-state index contributed by atoms with van der Waals surface area (Å²) in [6, 6.07) is 16.8. The fraction of sp³-hybridized carbons (Fsp3) is 0.238. The summed E-state index contributed by atoms with van der Waals surface area (Å²) in [5, 5.41) is 0. The second kappa shape index (κ2) is 8.83. The number of rotatable bonds is 7. The first kappa shape index (κ1) is 18.5. The maximum Gasteiger partial charge on any atom is 0.339 e. The highest BCUT2D eigenvalue weighted by Crippen LogP contribution is 2.24. The van der Waals surface area contributed by atoms with Gasteiger partial charge in [0.1, 0.15) is 0 Å². The highest BCUT2D eigenvalue weighted by atomic mass is 16.5. The third kappa shape index (κ3) is 5.05. The lowest BCUT2D eigenvalue weighted by Gasteiger charge is -2.20. The first-order valence-electron chi connectivity index (χ1n) is 8.26. The van der Waals surface area contributed by atoms with Gasteiger partial charge in [-0.1, -0.05) is 60.7 Å². The molecule has 0 saturated carbocycles. The molecule has 2 aromatic rings. The predicted octanol–water partition coefficient (Wildman–Crippen LogP) is 3.94. The SMILES string of the molecule is C=C(C)CN(CC)C(=O)COC(=O)c1ccccc1-c1ccccc1. The molecule has 2 aromatic carbocycles. The van der Waals surface area contributed by atoms with E-state index >= 15 is 0 Å². The summed E-state index contributed by atoms with van der Waals surface area (Å²) in [6.45, 7) is 8.29. The Kier molecular flexibility index (Phi) is 6.52. The van der Waals surface area contributed by atoms with E-state index in [1.54, 1.807) is 17.0 Å². The molecule has 0 bridgehead atoms. The Morgan fingerprint density at radius 3 is 2.32 bits per heavy atom. The molecule has 4 heteroatoms. The highest BCUT2D eigenvalue weighted by molar-refractivity contribution is 5.98. The van der Waals surface area contributed by atoms with Gasteiger partial charge in [-0.05, 0) is 31.0 Å². The zero-order chi connectivity index (χ0) is 18.2. The van der Waals surface area contributed by atoms with Crippen molar-refractivity contribution in [3.8, 4) is 11.1 Å². The lowest BCUT2D eigenvalue weighted by atomic mass is 10.00. The molecule has 0 saturated heterocycles. The summed E-state index contributed by atoms with van der Waals surface area (Å²) in [4.78, 5) is 26.3. The number of esters is 1. The maximum absolute atomic E-state index is 12.5. The Balaban J connectivity index is 2.09. The van der Waals surface area contributed by atoms with Crippen molar-refractivity contribution in [3.05, 3.63) is 72.3 Å². The van der Waals surface area contributed by atoms with Gasteiger partial charge in [0.05, 0.1) is 5.56 Å². The van der Waals surface area contributed by atoms with Crippen molar-refractivity contribution in [3.63, 3.8) is 0 Å². The minimum atomic E-state index is -0.501. The zero-order valence-corrected chi connectivity index (χ0v) is 14.7. The van der Waals surface area contributed by atoms with Gasteiger partial charge in [-0.15, -0.1) is 0 Å². The molecule has 0 spiro atoms. The van der Waals surface area contributed by atoms with Crippen molar-refractivity contribution in [2.24, 2.45) is 0 Å². The lowest BCUT2D eigenvalue weighted by molar-refractivity contribution is -0.133. The van der Waals surface area contributed by atoms with E-state index in [2.05, 4.69) is 6.58 Å². The molecule has 1 amide bonds. The van der Waals surface area contributed by atoms with Crippen LogP contribution in [0.5, 0.6) is 0 Å². The lowest BCUT2D eigenvalue weighted by Crippen LogP contribution is -2.35. The van der Waals surface area contributed by atoms with Crippen LogP contribution in [0.1, 0.15) is 24.2 Å². The minimum absolute atomic E-state index is 0.226. The molecule has 25 heavy (non-hydrogen) atoms.